The van der Waals surface area contributed by atoms with Gasteiger partial charge in [-0.15, -0.1) is 0 Å². The Bertz CT molecular complexity index is 1680. The summed E-state index contributed by atoms with van der Waals surface area (Å²) in [5.74, 6) is 1.69. The van der Waals surface area contributed by atoms with Gasteiger partial charge in [0.05, 0.1) is 5.56 Å². The molecule has 1 spiro atoms. The molecule has 0 bridgehead atoms. The van der Waals surface area contributed by atoms with Crippen LogP contribution in [-0.2, 0) is 10.3 Å². The number of hydrogen-bond donors (Lipinski definition) is 1. The molecule has 1 fully saturated rings. The molecular weight excluding hydrogens is 508 g/mol. The van der Waals surface area contributed by atoms with Gasteiger partial charge in [-0.25, -0.2) is 4.79 Å². The summed E-state index contributed by atoms with van der Waals surface area (Å²) in [6.45, 7) is 12.5. The highest BCUT2D eigenvalue weighted by molar-refractivity contribution is 5.97. The first-order chi connectivity index (χ1) is 19.8. The highest BCUT2D eigenvalue weighted by atomic mass is 16.6. The maximum atomic E-state index is 13.4. The molecule has 4 aromatic rings. The molecule has 5 heteroatoms. The lowest BCUT2D eigenvalue weighted by Crippen LogP contribution is -2.36. The standard InChI is InChI=1S/C36H36N2O3/c1-6-35(5)23(3)21-38(24(35)4)26-16-17-29-33(19-26)40-32-18-22(2)31(37-25-12-8-7-9-13-25)20-30(32)36(29)28-15-11-10-14-27(28)34(39)41-36/h7-20,23-24,37H,6,21H2,1-5H3. The molecule has 4 unspecified atom stereocenters. The van der Waals surface area contributed by atoms with Crippen molar-refractivity contribution in [3.63, 3.8) is 0 Å². The van der Waals surface area contributed by atoms with Crippen LogP contribution >= 0.6 is 0 Å². The second-order valence-electron chi connectivity index (χ2n) is 12.1. The molecule has 1 saturated heterocycles. The van der Waals surface area contributed by atoms with Crippen molar-refractivity contribution in [1.82, 2.24) is 0 Å². The molecule has 4 atom stereocenters. The Balaban J connectivity index is 1.40. The summed E-state index contributed by atoms with van der Waals surface area (Å²) >= 11 is 0. The molecule has 7 rings (SSSR count). The number of para-hydroxylation sites is 1. The highest BCUT2D eigenvalue weighted by Gasteiger charge is 2.54. The number of aryl methyl sites for hydroxylation is 1. The minimum Gasteiger partial charge on any atom is -0.456 e. The molecular formula is C36H36N2O3. The van der Waals surface area contributed by atoms with Crippen LogP contribution in [0.25, 0.3) is 0 Å². The molecule has 208 valence electrons. The van der Waals surface area contributed by atoms with E-state index >= 15 is 0 Å². The lowest BCUT2D eigenvalue weighted by molar-refractivity contribution is 0.0224. The first-order valence-corrected chi connectivity index (χ1v) is 14.7. The van der Waals surface area contributed by atoms with Crippen molar-refractivity contribution in [2.24, 2.45) is 11.3 Å². The summed E-state index contributed by atoms with van der Waals surface area (Å²) in [7, 11) is 0. The lowest BCUT2D eigenvalue weighted by Gasteiger charge is -2.38. The molecule has 3 aliphatic rings. The van der Waals surface area contributed by atoms with E-state index in [1.54, 1.807) is 0 Å². The normalized spacial score (nSPS) is 25.8. The van der Waals surface area contributed by atoms with Gasteiger partial charge in [0.2, 0.25) is 0 Å². The predicted octanol–water partition coefficient (Wildman–Crippen LogP) is 8.57. The van der Waals surface area contributed by atoms with Crippen molar-refractivity contribution in [1.29, 1.82) is 0 Å². The van der Waals surface area contributed by atoms with E-state index in [4.69, 9.17) is 9.47 Å². The molecule has 0 aliphatic carbocycles. The van der Waals surface area contributed by atoms with Crippen molar-refractivity contribution in [3.05, 3.63) is 113 Å². The number of carbonyl (C=O) groups is 1. The molecule has 0 aromatic heterocycles. The van der Waals surface area contributed by atoms with Gasteiger partial charge in [0, 0.05) is 52.4 Å². The Morgan fingerprint density at radius 3 is 2.39 bits per heavy atom. The van der Waals surface area contributed by atoms with Gasteiger partial charge in [0.15, 0.2) is 5.60 Å². The van der Waals surface area contributed by atoms with Crippen molar-refractivity contribution in [2.75, 3.05) is 16.8 Å². The van der Waals surface area contributed by atoms with Crippen LogP contribution in [0.1, 0.15) is 66.7 Å². The minimum atomic E-state index is -1.10. The number of nitrogens with zero attached hydrogens (tertiary/aromatic N) is 1. The smallest absolute Gasteiger partial charge is 0.340 e. The summed E-state index contributed by atoms with van der Waals surface area (Å²) in [6, 6.07) is 28.8. The van der Waals surface area contributed by atoms with Crippen molar-refractivity contribution < 1.29 is 14.3 Å². The number of hydrogen-bond acceptors (Lipinski definition) is 5. The average Bonchev–Trinajstić information content (AvgIpc) is 3.40. The minimum absolute atomic E-state index is 0.240. The molecule has 0 saturated carbocycles. The summed E-state index contributed by atoms with van der Waals surface area (Å²) in [5.41, 5.74) is 6.36. The maximum Gasteiger partial charge on any atom is 0.340 e. The monoisotopic (exact) mass is 544 g/mol. The Kier molecular flexibility index (Phi) is 5.73. The molecule has 3 aliphatic heterocycles. The molecule has 0 amide bonds. The van der Waals surface area contributed by atoms with Crippen LogP contribution in [0.2, 0.25) is 0 Å². The third-order valence-electron chi connectivity index (χ3n) is 10.2. The van der Waals surface area contributed by atoms with E-state index in [0.717, 1.165) is 58.0 Å². The zero-order valence-electron chi connectivity index (χ0n) is 24.3. The number of carbonyl (C=O) groups excluding carboxylic acids is 1. The Morgan fingerprint density at radius 2 is 1.63 bits per heavy atom. The van der Waals surface area contributed by atoms with Crippen LogP contribution in [0, 0.1) is 18.3 Å². The fourth-order valence-electron chi connectivity index (χ4n) is 7.20. The topological polar surface area (TPSA) is 50.8 Å². The second kappa shape index (κ2) is 9.13. The van der Waals surface area contributed by atoms with E-state index in [1.807, 2.05) is 54.6 Å². The SMILES string of the molecule is CCC1(C)C(C)CN(c2ccc3c(c2)Oc2cc(C)c(Nc4ccccc4)cc2C32OC(=O)c3ccccc32)C1C. The van der Waals surface area contributed by atoms with E-state index in [1.165, 1.54) is 0 Å². The molecule has 0 radical (unpaired) electrons. The summed E-state index contributed by atoms with van der Waals surface area (Å²) < 4.78 is 13.1. The second-order valence-corrected chi connectivity index (χ2v) is 12.1. The van der Waals surface area contributed by atoms with E-state index in [0.29, 0.717) is 23.3 Å². The van der Waals surface area contributed by atoms with Gasteiger partial charge in [-0.05, 0) is 79.6 Å². The van der Waals surface area contributed by atoms with Gasteiger partial charge in [-0.1, -0.05) is 57.2 Å². The van der Waals surface area contributed by atoms with Crippen LogP contribution in [0.3, 0.4) is 0 Å². The Labute approximate surface area is 242 Å². The van der Waals surface area contributed by atoms with Gasteiger partial charge < -0.3 is 19.7 Å². The van der Waals surface area contributed by atoms with Crippen molar-refractivity contribution in [2.45, 2.75) is 52.7 Å². The number of fused-ring (bicyclic) bond motifs is 6. The molecule has 4 aromatic carbocycles. The summed E-state index contributed by atoms with van der Waals surface area (Å²) in [4.78, 5) is 15.9. The van der Waals surface area contributed by atoms with Gasteiger partial charge >= 0.3 is 5.97 Å². The fourth-order valence-corrected chi connectivity index (χ4v) is 7.20. The van der Waals surface area contributed by atoms with Gasteiger partial charge in [-0.3, -0.25) is 0 Å². The van der Waals surface area contributed by atoms with E-state index in [-0.39, 0.29) is 11.4 Å². The fraction of sp³-hybridized carbons (Fsp3) is 0.306. The van der Waals surface area contributed by atoms with Crippen LogP contribution in [0.4, 0.5) is 17.1 Å². The number of rotatable bonds is 4. The zero-order valence-corrected chi connectivity index (χ0v) is 24.3. The maximum absolute atomic E-state index is 13.4. The van der Waals surface area contributed by atoms with Crippen LogP contribution in [0.15, 0.2) is 84.9 Å². The van der Waals surface area contributed by atoms with Crippen molar-refractivity contribution in [3.8, 4) is 11.5 Å². The highest BCUT2D eigenvalue weighted by Crippen LogP contribution is 2.58. The lowest BCUT2D eigenvalue weighted by atomic mass is 9.74. The zero-order chi connectivity index (χ0) is 28.5. The summed E-state index contributed by atoms with van der Waals surface area (Å²) in [5, 5.41) is 3.55. The van der Waals surface area contributed by atoms with Gasteiger partial charge in [0.25, 0.3) is 0 Å². The van der Waals surface area contributed by atoms with E-state index in [9.17, 15) is 4.79 Å². The predicted molar refractivity (Wildman–Crippen MR) is 164 cm³/mol. The third-order valence-corrected chi connectivity index (χ3v) is 10.2. The quantitative estimate of drug-likeness (QED) is 0.261. The first-order valence-electron chi connectivity index (χ1n) is 14.7. The number of esters is 1. The first kappa shape index (κ1) is 25.7. The van der Waals surface area contributed by atoms with Crippen LogP contribution < -0.4 is 15.0 Å². The number of anilines is 3. The Hall–Kier alpha value is -4.25. The summed E-state index contributed by atoms with van der Waals surface area (Å²) in [6.07, 6.45) is 1.13. The molecule has 5 nitrogen and oxygen atoms in total. The third kappa shape index (κ3) is 3.64. The van der Waals surface area contributed by atoms with E-state index in [2.05, 4.69) is 75.2 Å². The number of nitrogens with one attached hydrogen (secondary N) is 1. The number of benzene rings is 4. The molecule has 3 heterocycles. The largest absolute Gasteiger partial charge is 0.456 e. The van der Waals surface area contributed by atoms with E-state index < -0.39 is 5.60 Å². The average molecular weight is 545 g/mol. The number of ether oxygens (including phenoxy) is 2. The molecule has 1 N–H and O–H groups in total. The van der Waals surface area contributed by atoms with Gasteiger partial charge in [-0.2, -0.15) is 0 Å². The Morgan fingerprint density at radius 1 is 0.902 bits per heavy atom. The van der Waals surface area contributed by atoms with Crippen LogP contribution in [-0.4, -0.2) is 18.6 Å². The molecule has 41 heavy (non-hydrogen) atoms. The van der Waals surface area contributed by atoms with Crippen molar-refractivity contribution >= 4 is 23.0 Å². The van der Waals surface area contributed by atoms with Crippen LogP contribution in [0.5, 0.6) is 11.5 Å². The van der Waals surface area contributed by atoms with Gasteiger partial charge in [0.1, 0.15) is 11.5 Å².